The highest BCUT2D eigenvalue weighted by atomic mass is 32.1. The number of aromatic nitrogens is 3. The molecule has 5 rings (SSSR count). The van der Waals surface area contributed by atoms with Gasteiger partial charge < -0.3 is 19.7 Å². The number of likely N-dealkylation sites (tertiary alicyclic amines) is 1. The number of piperidine rings is 1. The summed E-state index contributed by atoms with van der Waals surface area (Å²) in [5.74, 6) is 1.92. The first-order valence-corrected chi connectivity index (χ1v) is 11.4. The minimum Gasteiger partial charge on any atom is -0.491 e. The second kappa shape index (κ2) is 7.89. The van der Waals surface area contributed by atoms with Gasteiger partial charge in [0.05, 0.1) is 50.2 Å². The largest absolute Gasteiger partial charge is 0.491 e. The summed E-state index contributed by atoms with van der Waals surface area (Å²) in [6, 6.07) is 4.40. The molecule has 0 aromatic carbocycles. The molecule has 2 aromatic heterocycles. The van der Waals surface area contributed by atoms with Gasteiger partial charge in [0, 0.05) is 18.5 Å². The first-order chi connectivity index (χ1) is 15.0. The Hall–Kier alpha value is -2.48. The standard InChI is InChI=1S/C21H27N7O2S/c1-15-9-17(31-26-15)24-19-23-10-16(29-2)18(25-19)27-11-21(12-27,3-6-22)28-7-4-20(5-8-28)13-30-14-20/h9-10H,3-5,7-8,11-14H2,1-2H3,(H,23,24,25). The number of rotatable bonds is 6. The van der Waals surface area contributed by atoms with Crippen molar-refractivity contribution in [2.24, 2.45) is 5.41 Å². The fourth-order valence-electron chi connectivity index (χ4n) is 4.84. The van der Waals surface area contributed by atoms with E-state index in [-0.39, 0.29) is 5.54 Å². The summed E-state index contributed by atoms with van der Waals surface area (Å²) in [5, 5.41) is 13.7. The van der Waals surface area contributed by atoms with Crippen LogP contribution in [0.1, 0.15) is 25.0 Å². The topological polar surface area (TPSA) is 99.4 Å². The zero-order valence-electron chi connectivity index (χ0n) is 17.9. The van der Waals surface area contributed by atoms with Crippen LogP contribution in [0.3, 0.4) is 0 Å². The molecule has 9 nitrogen and oxygen atoms in total. The zero-order valence-corrected chi connectivity index (χ0v) is 18.7. The summed E-state index contributed by atoms with van der Waals surface area (Å²) in [4.78, 5) is 13.8. The molecule has 5 heterocycles. The van der Waals surface area contributed by atoms with Crippen LogP contribution in [0.5, 0.6) is 5.75 Å². The number of nitrogens with one attached hydrogen (secondary N) is 1. The number of methoxy groups -OCH3 is 1. The van der Waals surface area contributed by atoms with E-state index in [2.05, 4.69) is 30.5 Å². The second-order valence-electron chi connectivity index (χ2n) is 8.94. The summed E-state index contributed by atoms with van der Waals surface area (Å²) in [6.07, 6.45) is 4.52. The normalized spacial score (nSPS) is 21.8. The Labute approximate surface area is 186 Å². The minimum atomic E-state index is -0.126. The molecule has 0 amide bonds. The van der Waals surface area contributed by atoms with Crippen molar-refractivity contribution in [1.82, 2.24) is 19.2 Å². The van der Waals surface area contributed by atoms with Gasteiger partial charge in [-0.25, -0.2) is 4.98 Å². The van der Waals surface area contributed by atoms with Crippen molar-refractivity contribution in [2.75, 3.05) is 56.7 Å². The monoisotopic (exact) mass is 441 g/mol. The van der Waals surface area contributed by atoms with E-state index in [1.165, 1.54) is 11.5 Å². The van der Waals surface area contributed by atoms with Crippen LogP contribution in [0.2, 0.25) is 0 Å². The maximum absolute atomic E-state index is 9.55. The quantitative estimate of drug-likeness (QED) is 0.725. The number of ether oxygens (including phenoxy) is 2. The van der Waals surface area contributed by atoms with Crippen molar-refractivity contribution < 1.29 is 9.47 Å². The molecule has 0 bridgehead atoms. The van der Waals surface area contributed by atoms with Crippen LogP contribution in [-0.4, -0.2) is 71.3 Å². The first-order valence-electron chi connectivity index (χ1n) is 10.6. The Bertz CT molecular complexity index is 984. The van der Waals surface area contributed by atoms with Gasteiger partial charge in [0.1, 0.15) is 5.00 Å². The number of hydrogen-bond donors (Lipinski definition) is 1. The highest BCUT2D eigenvalue weighted by Gasteiger charge is 2.52. The van der Waals surface area contributed by atoms with E-state index in [0.29, 0.717) is 23.5 Å². The number of aryl methyl sites for hydroxylation is 1. The van der Waals surface area contributed by atoms with Crippen molar-refractivity contribution in [3.05, 3.63) is 18.0 Å². The number of anilines is 3. The Morgan fingerprint density at radius 3 is 2.68 bits per heavy atom. The minimum absolute atomic E-state index is 0.126. The summed E-state index contributed by atoms with van der Waals surface area (Å²) in [6.45, 7) is 7.32. The highest BCUT2D eigenvalue weighted by molar-refractivity contribution is 7.10. The van der Waals surface area contributed by atoms with Crippen LogP contribution < -0.4 is 15.0 Å². The first kappa shape index (κ1) is 20.4. The van der Waals surface area contributed by atoms with Crippen molar-refractivity contribution in [3.8, 4) is 11.8 Å². The van der Waals surface area contributed by atoms with Crippen LogP contribution in [0, 0.1) is 23.7 Å². The van der Waals surface area contributed by atoms with Crippen molar-refractivity contribution in [1.29, 1.82) is 5.26 Å². The molecule has 2 aromatic rings. The van der Waals surface area contributed by atoms with Crippen LogP contribution in [0.25, 0.3) is 0 Å². The molecule has 0 atom stereocenters. The summed E-state index contributed by atoms with van der Waals surface area (Å²) >= 11 is 1.38. The van der Waals surface area contributed by atoms with Gasteiger partial charge >= 0.3 is 0 Å². The molecular weight excluding hydrogens is 414 g/mol. The Balaban J connectivity index is 1.31. The van der Waals surface area contributed by atoms with E-state index in [1.54, 1.807) is 13.3 Å². The molecule has 3 aliphatic heterocycles. The second-order valence-corrected chi connectivity index (χ2v) is 9.74. The van der Waals surface area contributed by atoms with Crippen LogP contribution in [0.4, 0.5) is 16.8 Å². The predicted octanol–water partition coefficient (Wildman–Crippen LogP) is 2.58. The van der Waals surface area contributed by atoms with Gasteiger partial charge in [-0.05, 0) is 50.5 Å². The van der Waals surface area contributed by atoms with Gasteiger partial charge in [0.2, 0.25) is 5.95 Å². The lowest BCUT2D eigenvalue weighted by Gasteiger charge is -2.59. The molecule has 31 heavy (non-hydrogen) atoms. The van der Waals surface area contributed by atoms with E-state index < -0.39 is 0 Å². The maximum Gasteiger partial charge on any atom is 0.230 e. The third-order valence-corrected chi connectivity index (χ3v) is 7.60. The van der Waals surface area contributed by atoms with E-state index in [1.807, 2.05) is 13.0 Å². The molecule has 1 N–H and O–H groups in total. The molecule has 0 unspecified atom stereocenters. The molecule has 3 saturated heterocycles. The number of nitrogens with zero attached hydrogens (tertiary/aromatic N) is 6. The fraction of sp³-hybridized carbons (Fsp3) is 0.619. The summed E-state index contributed by atoms with van der Waals surface area (Å²) in [7, 11) is 1.63. The van der Waals surface area contributed by atoms with Gasteiger partial charge in [0.15, 0.2) is 11.6 Å². The number of nitriles is 1. The van der Waals surface area contributed by atoms with E-state index >= 15 is 0 Å². The van der Waals surface area contributed by atoms with Crippen molar-refractivity contribution in [2.45, 2.75) is 31.7 Å². The Kier molecular flexibility index (Phi) is 5.20. The third kappa shape index (κ3) is 3.71. The average molecular weight is 442 g/mol. The molecule has 1 spiro atoms. The third-order valence-electron chi connectivity index (χ3n) is 6.81. The lowest BCUT2D eigenvalue weighted by Crippen LogP contribution is -2.72. The molecular formula is C21H27N7O2S. The fourth-order valence-corrected chi connectivity index (χ4v) is 5.50. The molecule has 0 radical (unpaired) electrons. The van der Waals surface area contributed by atoms with Crippen LogP contribution in [0.15, 0.2) is 12.3 Å². The molecule has 0 aliphatic carbocycles. The summed E-state index contributed by atoms with van der Waals surface area (Å²) in [5.41, 5.74) is 1.22. The Morgan fingerprint density at radius 2 is 2.10 bits per heavy atom. The Morgan fingerprint density at radius 1 is 1.32 bits per heavy atom. The average Bonchev–Trinajstić information content (AvgIpc) is 3.14. The maximum atomic E-state index is 9.55. The van der Waals surface area contributed by atoms with Crippen molar-refractivity contribution >= 4 is 28.3 Å². The van der Waals surface area contributed by atoms with Crippen LogP contribution >= 0.6 is 11.5 Å². The van der Waals surface area contributed by atoms with Crippen molar-refractivity contribution in [3.63, 3.8) is 0 Å². The SMILES string of the molecule is COc1cnc(Nc2cc(C)ns2)nc1N1CC(CC#N)(N2CCC3(CC2)COC3)C1. The van der Waals surface area contributed by atoms with E-state index in [0.717, 1.165) is 68.7 Å². The smallest absolute Gasteiger partial charge is 0.230 e. The van der Waals surface area contributed by atoms with E-state index in [4.69, 9.17) is 14.5 Å². The molecule has 3 aliphatic rings. The summed E-state index contributed by atoms with van der Waals surface area (Å²) < 4.78 is 15.3. The van der Waals surface area contributed by atoms with Crippen LogP contribution in [-0.2, 0) is 4.74 Å². The highest BCUT2D eigenvalue weighted by Crippen LogP contribution is 2.44. The molecule has 0 saturated carbocycles. The van der Waals surface area contributed by atoms with Gasteiger partial charge in [0.25, 0.3) is 0 Å². The zero-order chi connectivity index (χ0) is 21.5. The molecule has 10 heteroatoms. The molecule has 3 fully saturated rings. The molecule has 164 valence electrons. The predicted molar refractivity (Wildman–Crippen MR) is 118 cm³/mol. The van der Waals surface area contributed by atoms with Gasteiger partial charge in [-0.2, -0.15) is 14.6 Å². The lowest BCUT2D eigenvalue weighted by molar-refractivity contribution is -0.150. The van der Waals surface area contributed by atoms with Gasteiger partial charge in [-0.15, -0.1) is 0 Å². The van der Waals surface area contributed by atoms with E-state index in [9.17, 15) is 5.26 Å². The number of hydrogen-bond acceptors (Lipinski definition) is 10. The van der Waals surface area contributed by atoms with Gasteiger partial charge in [-0.1, -0.05) is 0 Å². The lowest BCUT2D eigenvalue weighted by atomic mass is 9.74. The van der Waals surface area contributed by atoms with Gasteiger partial charge in [-0.3, -0.25) is 4.90 Å².